The third kappa shape index (κ3) is 5.88. The van der Waals surface area contributed by atoms with Crippen LogP contribution in [-0.4, -0.2) is 23.0 Å². The number of fused-ring (bicyclic) bond motifs is 15. The first-order chi connectivity index (χ1) is 32.6. The molecule has 0 radical (unpaired) electrons. The monoisotopic (exact) mass is 846 g/mol. The number of rotatable bonds is 2. The van der Waals surface area contributed by atoms with Gasteiger partial charge in [-0.05, 0) is 103 Å². The summed E-state index contributed by atoms with van der Waals surface area (Å²) in [7, 11) is 0. The van der Waals surface area contributed by atoms with Crippen molar-refractivity contribution in [1.29, 1.82) is 0 Å². The molecular formula is C62H46N4. The molecule has 0 saturated heterocycles. The van der Waals surface area contributed by atoms with E-state index in [4.69, 9.17) is 15.0 Å². The van der Waals surface area contributed by atoms with Crippen LogP contribution in [0.3, 0.4) is 0 Å². The van der Waals surface area contributed by atoms with Crippen LogP contribution in [0.15, 0.2) is 215 Å². The lowest BCUT2D eigenvalue weighted by Gasteiger charge is -2.31. The van der Waals surface area contributed by atoms with Gasteiger partial charge in [0, 0.05) is 38.3 Å². The minimum atomic E-state index is -0.606. The number of nitrogens with zero attached hydrogens (tertiary/aromatic N) is 4. The van der Waals surface area contributed by atoms with Crippen LogP contribution in [0.1, 0.15) is 48.6 Å². The molecule has 0 saturated carbocycles. The Labute approximate surface area is 384 Å². The van der Waals surface area contributed by atoms with Crippen molar-refractivity contribution in [2.24, 2.45) is 15.0 Å². The van der Waals surface area contributed by atoms with Gasteiger partial charge in [0.05, 0.1) is 11.0 Å². The Bertz CT molecular complexity index is 3830. The van der Waals surface area contributed by atoms with Crippen molar-refractivity contribution in [3.8, 4) is 33.4 Å². The first kappa shape index (κ1) is 39.4. The Balaban J connectivity index is 0.00000225. The topological polar surface area (TPSA) is 42.0 Å². The molecule has 314 valence electrons. The molecular weight excluding hydrogens is 801 g/mol. The quantitative estimate of drug-likeness (QED) is 0.156. The number of benzene rings is 10. The first-order valence-corrected chi connectivity index (χ1v) is 23.0. The number of hydrogen-bond acceptors (Lipinski definition) is 3. The maximum absolute atomic E-state index is 5.54. The molecule has 4 heteroatoms. The van der Waals surface area contributed by atoms with E-state index in [2.05, 4.69) is 218 Å². The van der Waals surface area contributed by atoms with Crippen molar-refractivity contribution in [3.63, 3.8) is 0 Å². The van der Waals surface area contributed by atoms with Gasteiger partial charge in [-0.3, -0.25) is 0 Å². The Morgan fingerprint density at radius 2 is 1.05 bits per heavy atom. The first-order valence-electron chi connectivity index (χ1n) is 23.0. The van der Waals surface area contributed by atoms with E-state index in [9.17, 15) is 0 Å². The maximum atomic E-state index is 5.54. The molecule has 1 aliphatic carbocycles. The van der Waals surface area contributed by atoms with Gasteiger partial charge in [-0.2, -0.15) is 0 Å². The van der Waals surface area contributed by atoms with Gasteiger partial charge in [0.1, 0.15) is 6.67 Å². The molecule has 0 fully saturated rings. The molecule has 66 heavy (non-hydrogen) atoms. The zero-order chi connectivity index (χ0) is 44.5. The molecule has 0 spiro atoms. The van der Waals surface area contributed by atoms with Gasteiger partial charge in [0.2, 0.25) is 0 Å². The summed E-state index contributed by atoms with van der Waals surface area (Å²) in [5.74, 6) is 1.12. The molecule has 0 N–H and O–H groups in total. The van der Waals surface area contributed by atoms with E-state index < -0.39 is 5.41 Å². The number of hydrogen-bond donors (Lipinski definition) is 0. The standard InChI is InChI=1S/C60H40N4.C2H6/c1-60-52-32-29-39-15-8-10-19-45(39)55(52)50-31-28-44(35-53(50)60)47-21-12-22-48-49-30-27-40-16-9-11-20-46(40)56(49)64(57(47)48)36-62-58(41-25-23-38(24-26-41)37-13-4-3-5-14-37)63-59(61-2)51-33-42-17-6-7-18-43(42)34-54(51)60;1-2/h3-35H,2,36H2,1H3;1-2H3/b62-58-,63-59?;. The average Bonchev–Trinajstić information content (AvgIpc) is 3.86. The van der Waals surface area contributed by atoms with Crippen molar-refractivity contribution in [3.05, 3.63) is 228 Å². The van der Waals surface area contributed by atoms with E-state index in [1.54, 1.807) is 0 Å². The van der Waals surface area contributed by atoms with Gasteiger partial charge in [-0.25, -0.2) is 15.0 Å². The average molecular weight is 847 g/mol. The Morgan fingerprint density at radius 1 is 0.455 bits per heavy atom. The SMILES string of the molecule is C=NC1=N/C(c2ccc(-c3ccccc3)cc2)=N\Cn2c3c(cccc3c3ccc4ccccc4c32)-c2ccc3c(c2)C(C)(c2cc4ccccc4cc21)c1ccc2ccccc2c1-3.CC. The number of aromatic nitrogens is 1. The molecule has 2 heterocycles. The van der Waals surface area contributed by atoms with Crippen LogP contribution in [0, 0.1) is 0 Å². The highest BCUT2D eigenvalue weighted by molar-refractivity contribution is 6.21. The highest BCUT2D eigenvalue weighted by Crippen LogP contribution is 2.56. The van der Waals surface area contributed by atoms with Crippen molar-refractivity contribution in [2.75, 3.05) is 0 Å². The van der Waals surface area contributed by atoms with Crippen LogP contribution in [-0.2, 0) is 12.1 Å². The number of amidine groups is 2. The normalized spacial score (nSPS) is 15.9. The summed E-state index contributed by atoms with van der Waals surface area (Å²) in [6, 6.07) is 72.9. The maximum Gasteiger partial charge on any atom is 0.161 e. The minimum absolute atomic E-state index is 0.333. The summed E-state index contributed by atoms with van der Waals surface area (Å²) in [5, 5.41) is 9.51. The molecule has 1 aliphatic heterocycles. The smallest absolute Gasteiger partial charge is 0.161 e. The highest BCUT2D eigenvalue weighted by Gasteiger charge is 2.44. The highest BCUT2D eigenvalue weighted by atomic mass is 15.1. The second kappa shape index (κ2) is 15.5. The fraction of sp³-hybridized carbons (Fsp3) is 0.0806. The molecule has 13 rings (SSSR count). The lowest BCUT2D eigenvalue weighted by molar-refractivity contribution is 0.714. The molecule has 4 nitrogen and oxygen atoms in total. The van der Waals surface area contributed by atoms with E-state index in [0.29, 0.717) is 18.3 Å². The Kier molecular flexibility index (Phi) is 9.25. The summed E-state index contributed by atoms with van der Waals surface area (Å²) < 4.78 is 2.42. The van der Waals surface area contributed by atoms with E-state index in [0.717, 1.165) is 55.2 Å². The third-order valence-corrected chi connectivity index (χ3v) is 14.0. The van der Waals surface area contributed by atoms with E-state index >= 15 is 0 Å². The summed E-state index contributed by atoms with van der Waals surface area (Å²) in [6.07, 6.45) is 0. The summed E-state index contributed by atoms with van der Waals surface area (Å²) in [6.45, 7) is 11.0. The molecule has 0 amide bonds. The largest absolute Gasteiger partial charge is 0.319 e. The van der Waals surface area contributed by atoms with E-state index in [1.807, 2.05) is 13.8 Å². The number of aliphatic imine (C=N–C) groups is 3. The predicted octanol–water partition coefficient (Wildman–Crippen LogP) is 15.8. The van der Waals surface area contributed by atoms with Gasteiger partial charge in [0.25, 0.3) is 0 Å². The van der Waals surface area contributed by atoms with Gasteiger partial charge in [-0.1, -0.05) is 196 Å². The second-order valence-corrected chi connectivity index (χ2v) is 17.3. The fourth-order valence-corrected chi connectivity index (χ4v) is 10.9. The lowest BCUT2D eigenvalue weighted by atomic mass is 9.71. The van der Waals surface area contributed by atoms with Crippen LogP contribution in [0.2, 0.25) is 0 Å². The molecule has 1 unspecified atom stereocenters. The Morgan fingerprint density at radius 3 is 1.82 bits per heavy atom. The molecule has 10 aromatic carbocycles. The third-order valence-electron chi connectivity index (χ3n) is 14.0. The van der Waals surface area contributed by atoms with Crippen LogP contribution in [0.4, 0.5) is 0 Å². The minimum Gasteiger partial charge on any atom is -0.319 e. The lowest BCUT2D eigenvalue weighted by Crippen LogP contribution is -2.26. The van der Waals surface area contributed by atoms with Crippen LogP contribution >= 0.6 is 0 Å². The van der Waals surface area contributed by atoms with Gasteiger partial charge in [-0.15, -0.1) is 0 Å². The van der Waals surface area contributed by atoms with Gasteiger partial charge in [0.15, 0.2) is 11.7 Å². The van der Waals surface area contributed by atoms with Crippen LogP contribution in [0.25, 0.3) is 87.5 Å². The van der Waals surface area contributed by atoms with Crippen molar-refractivity contribution in [2.45, 2.75) is 32.9 Å². The van der Waals surface area contributed by atoms with E-state index in [-0.39, 0.29) is 0 Å². The summed E-state index contributed by atoms with van der Waals surface area (Å²) >= 11 is 0. The van der Waals surface area contributed by atoms with Gasteiger partial charge < -0.3 is 4.57 Å². The zero-order valence-corrected chi connectivity index (χ0v) is 37.3. The molecule has 11 aromatic rings. The molecule has 2 aliphatic rings. The summed E-state index contributed by atoms with van der Waals surface area (Å²) in [5.41, 5.74) is 14.3. The predicted molar refractivity (Wildman–Crippen MR) is 281 cm³/mol. The molecule has 1 atom stereocenters. The number of para-hydroxylation sites is 1. The van der Waals surface area contributed by atoms with Crippen molar-refractivity contribution >= 4 is 72.5 Å². The fourth-order valence-electron chi connectivity index (χ4n) is 10.9. The van der Waals surface area contributed by atoms with Crippen LogP contribution in [0.5, 0.6) is 0 Å². The van der Waals surface area contributed by atoms with Crippen molar-refractivity contribution in [1.82, 2.24) is 4.57 Å². The van der Waals surface area contributed by atoms with Gasteiger partial charge >= 0.3 is 0 Å². The van der Waals surface area contributed by atoms with Crippen molar-refractivity contribution < 1.29 is 0 Å². The van der Waals surface area contributed by atoms with Crippen LogP contribution < -0.4 is 0 Å². The Hall–Kier alpha value is -8.21. The molecule has 2 bridgehead atoms. The summed E-state index contributed by atoms with van der Waals surface area (Å²) in [4.78, 5) is 15.9. The molecule has 1 aromatic heterocycles. The second-order valence-electron chi connectivity index (χ2n) is 17.3. The van der Waals surface area contributed by atoms with E-state index in [1.165, 1.54) is 60.1 Å². The zero-order valence-electron chi connectivity index (χ0n) is 37.3.